The minimum Gasteiger partial charge on any atom is -0.490 e. The van der Waals surface area contributed by atoms with Crippen molar-refractivity contribution in [2.24, 2.45) is 11.3 Å². The van der Waals surface area contributed by atoms with Crippen molar-refractivity contribution < 1.29 is 14.6 Å². The van der Waals surface area contributed by atoms with Crippen LogP contribution in [0.25, 0.3) is 0 Å². The van der Waals surface area contributed by atoms with Gasteiger partial charge in [0.15, 0.2) is 0 Å². The highest BCUT2D eigenvalue weighted by atomic mass is 16.5. The summed E-state index contributed by atoms with van der Waals surface area (Å²) in [5.41, 5.74) is 1.74. The van der Waals surface area contributed by atoms with Gasteiger partial charge in [-0.15, -0.1) is 0 Å². The summed E-state index contributed by atoms with van der Waals surface area (Å²) < 4.78 is 6.36. The molecule has 0 aromatic heterocycles. The molecule has 28 heavy (non-hydrogen) atoms. The molecule has 2 aliphatic rings. The van der Waals surface area contributed by atoms with Gasteiger partial charge in [0.25, 0.3) is 0 Å². The van der Waals surface area contributed by atoms with Crippen LogP contribution < -0.4 is 4.74 Å². The molecule has 1 heterocycles. The lowest BCUT2D eigenvalue weighted by Gasteiger charge is -2.37. The fourth-order valence-corrected chi connectivity index (χ4v) is 4.87. The van der Waals surface area contributed by atoms with Gasteiger partial charge >= 0.3 is 5.97 Å². The number of ether oxygens (including phenoxy) is 1. The number of hydrogen-bond acceptors (Lipinski definition) is 3. The van der Waals surface area contributed by atoms with Crippen LogP contribution >= 0.6 is 0 Å². The molecule has 0 spiro atoms. The molecule has 1 unspecified atom stereocenters. The molecule has 1 aliphatic heterocycles. The molecule has 2 fully saturated rings. The number of nitrogens with zero attached hydrogens (tertiary/aromatic N) is 1. The largest absolute Gasteiger partial charge is 0.490 e. The molecule has 0 amide bonds. The first-order valence-electron chi connectivity index (χ1n) is 11.0. The molecule has 1 atom stereocenters. The van der Waals surface area contributed by atoms with E-state index in [4.69, 9.17) is 9.84 Å². The molecular formula is C24H37NO3. The van der Waals surface area contributed by atoms with E-state index < -0.39 is 5.97 Å². The lowest BCUT2D eigenvalue weighted by Crippen LogP contribution is -2.35. The van der Waals surface area contributed by atoms with Crippen LogP contribution in [0.1, 0.15) is 77.2 Å². The third kappa shape index (κ3) is 5.97. The van der Waals surface area contributed by atoms with E-state index in [1.165, 1.54) is 24.8 Å². The number of benzene rings is 1. The summed E-state index contributed by atoms with van der Waals surface area (Å²) in [4.78, 5) is 13.2. The van der Waals surface area contributed by atoms with Crippen LogP contribution in [0.2, 0.25) is 0 Å². The maximum atomic E-state index is 10.9. The smallest absolute Gasteiger partial charge is 0.304 e. The molecule has 4 heteroatoms. The predicted octanol–water partition coefficient (Wildman–Crippen LogP) is 5.32. The van der Waals surface area contributed by atoms with E-state index in [1.54, 1.807) is 0 Å². The number of aliphatic carboxylic acids is 1. The molecule has 156 valence electrons. The monoisotopic (exact) mass is 387 g/mol. The summed E-state index contributed by atoms with van der Waals surface area (Å²) in [6.45, 7) is 9.67. The van der Waals surface area contributed by atoms with Crippen LogP contribution in [0.3, 0.4) is 0 Å². The first kappa shape index (κ1) is 21.2. The average molecular weight is 388 g/mol. The van der Waals surface area contributed by atoms with Crippen molar-refractivity contribution in [3.05, 3.63) is 29.8 Å². The molecule has 4 nitrogen and oxygen atoms in total. The number of piperidine rings is 1. The quantitative estimate of drug-likeness (QED) is 0.717. The van der Waals surface area contributed by atoms with Crippen molar-refractivity contribution >= 4 is 5.97 Å². The molecule has 1 aliphatic carbocycles. The van der Waals surface area contributed by atoms with E-state index in [9.17, 15) is 4.79 Å². The maximum Gasteiger partial charge on any atom is 0.304 e. The Labute approximate surface area is 170 Å². The highest BCUT2D eigenvalue weighted by Gasteiger charge is 2.30. The van der Waals surface area contributed by atoms with E-state index in [1.807, 2.05) is 0 Å². The number of carboxylic acid groups (broad SMARTS) is 1. The van der Waals surface area contributed by atoms with E-state index in [0.717, 1.165) is 44.0 Å². The Morgan fingerprint density at radius 1 is 1.18 bits per heavy atom. The van der Waals surface area contributed by atoms with Gasteiger partial charge in [-0.25, -0.2) is 0 Å². The lowest BCUT2D eigenvalue weighted by molar-refractivity contribution is -0.137. The van der Waals surface area contributed by atoms with Gasteiger partial charge in [0.05, 0.1) is 12.5 Å². The number of likely N-dealkylation sites (tertiary alicyclic amines) is 1. The highest BCUT2D eigenvalue weighted by Crippen LogP contribution is 2.39. The summed E-state index contributed by atoms with van der Waals surface area (Å²) >= 11 is 0. The molecule has 1 aromatic rings. The van der Waals surface area contributed by atoms with Crippen LogP contribution in [-0.2, 0) is 4.79 Å². The van der Waals surface area contributed by atoms with E-state index in [0.29, 0.717) is 24.0 Å². The summed E-state index contributed by atoms with van der Waals surface area (Å²) in [7, 11) is 0. The summed E-state index contributed by atoms with van der Waals surface area (Å²) in [6.07, 6.45) is 7.69. The molecule has 1 aromatic carbocycles. The third-order valence-electron chi connectivity index (χ3n) is 6.68. The lowest BCUT2D eigenvalue weighted by atomic mass is 9.72. The molecule has 0 radical (unpaired) electrons. The van der Waals surface area contributed by atoms with Crippen LogP contribution in [0, 0.1) is 11.3 Å². The van der Waals surface area contributed by atoms with E-state index in [-0.39, 0.29) is 6.42 Å². The zero-order chi connectivity index (χ0) is 20.1. The van der Waals surface area contributed by atoms with Gasteiger partial charge in [0, 0.05) is 13.1 Å². The standard InChI is InChI=1S/C24H37NO3/c1-24(2,3)20-9-11-21(12-10-20)28-22-8-4-6-18(16-22)19-7-5-14-25(17-19)15-13-23(26)27/h4,6,8,16,19-21H,5,7,9-15,17H2,1-3H3,(H,26,27)/t19?,20-,21-. The zero-order valence-corrected chi connectivity index (χ0v) is 17.8. The van der Waals surface area contributed by atoms with Crippen molar-refractivity contribution in [2.75, 3.05) is 19.6 Å². The van der Waals surface area contributed by atoms with Crippen molar-refractivity contribution in [3.8, 4) is 5.75 Å². The van der Waals surface area contributed by atoms with Gasteiger partial charge in [0.2, 0.25) is 0 Å². The van der Waals surface area contributed by atoms with E-state index >= 15 is 0 Å². The molecule has 1 N–H and O–H groups in total. The molecule has 1 saturated carbocycles. The van der Waals surface area contributed by atoms with Crippen LogP contribution in [-0.4, -0.2) is 41.7 Å². The first-order chi connectivity index (χ1) is 13.3. The van der Waals surface area contributed by atoms with Crippen LogP contribution in [0.15, 0.2) is 24.3 Å². The normalized spacial score (nSPS) is 26.8. The van der Waals surface area contributed by atoms with Gasteiger partial charge in [-0.1, -0.05) is 32.9 Å². The number of hydrogen-bond donors (Lipinski definition) is 1. The van der Waals surface area contributed by atoms with Crippen molar-refractivity contribution in [3.63, 3.8) is 0 Å². The molecule has 1 saturated heterocycles. The average Bonchev–Trinajstić information content (AvgIpc) is 2.66. The Hall–Kier alpha value is -1.55. The van der Waals surface area contributed by atoms with Crippen molar-refractivity contribution in [2.45, 2.75) is 77.7 Å². The fourth-order valence-electron chi connectivity index (χ4n) is 4.87. The van der Waals surface area contributed by atoms with Crippen LogP contribution in [0.5, 0.6) is 5.75 Å². The SMILES string of the molecule is CC(C)(C)[C@H]1CC[C@H](Oc2cccc(C3CCCN(CCC(=O)O)C3)c2)CC1. The second-order valence-corrected chi connectivity index (χ2v) is 9.81. The van der Waals surface area contributed by atoms with Crippen molar-refractivity contribution in [1.82, 2.24) is 4.90 Å². The Bertz CT molecular complexity index is 643. The number of carbonyl (C=O) groups is 1. The van der Waals surface area contributed by atoms with Gasteiger partial charge in [-0.05, 0) is 80.0 Å². The zero-order valence-electron chi connectivity index (χ0n) is 17.8. The summed E-state index contributed by atoms with van der Waals surface area (Å²) in [5, 5.41) is 8.94. The number of rotatable bonds is 6. The summed E-state index contributed by atoms with van der Waals surface area (Å²) in [6, 6.07) is 8.63. The molecule has 3 rings (SSSR count). The van der Waals surface area contributed by atoms with Crippen LogP contribution in [0.4, 0.5) is 0 Å². The Morgan fingerprint density at radius 2 is 1.93 bits per heavy atom. The molecule has 0 bridgehead atoms. The maximum absolute atomic E-state index is 10.9. The highest BCUT2D eigenvalue weighted by molar-refractivity contribution is 5.66. The van der Waals surface area contributed by atoms with Gasteiger partial charge in [0.1, 0.15) is 5.75 Å². The Kier molecular flexibility index (Phi) is 7.03. The second-order valence-electron chi connectivity index (χ2n) is 9.81. The predicted molar refractivity (Wildman–Crippen MR) is 113 cm³/mol. The third-order valence-corrected chi connectivity index (χ3v) is 6.68. The van der Waals surface area contributed by atoms with Gasteiger partial charge in [-0.3, -0.25) is 4.79 Å². The Balaban J connectivity index is 1.55. The van der Waals surface area contributed by atoms with Gasteiger partial charge < -0.3 is 14.7 Å². The number of carboxylic acids is 1. The second kappa shape index (κ2) is 9.30. The molecular weight excluding hydrogens is 350 g/mol. The van der Waals surface area contributed by atoms with Crippen molar-refractivity contribution in [1.29, 1.82) is 0 Å². The summed E-state index contributed by atoms with van der Waals surface area (Å²) in [5.74, 6) is 1.57. The Morgan fingerprint density at radius 3 is 2.61 bits per heavy atom. The van der Waals surface area contributed by atoms with E-state index in [2.05, 4.69) is 49.9 Å². The fraction of sp³-hybridized carbons (Fsp3) is 0.708. The minimum atomic E-state index is -0.710. The van der Waals surface area contributed by atoms with Gasteiger partial charge in [-0.2, -0.15) is 0 Å². The minimum absolute atomic E-state index is 0.229. The topological polar surface area (TPSA) is 49.8 Å². The first-order valence-corrected chi connectivity index (χ1v) is 11.0.